The minimum absolute atomic E-state index is 0.219. The second-order valence-electron chi connectivity index (χ2n) is 9.37. The fourth-order valence-electron chi connectivity index (χ4n) is 3.84. The average Bonchev–Trinajstić information content (AvgIpc) is 3.09. The number of imidazole rings is 1. The summed E-state index contributed by atoms with van der Waals surface area (Å²) in [7, 11) is 1.77. The molecule has 34 heavy (non-hydrogen) atoms. The van der Waals surface area contributed by atoms with Crippen LogP contribution in [-0.2, 0) is 26.1 Å². The SMILES string of the molecule is Cn1c(O[C@@H]2CCC(=O)NC2=O)nc2cccc(OC[C@H]3CN(C(=O)OC(C)(C)C)CCO3)c21. The summed E-state index contributed by atoms with van der Waals surface area (Å²) in [5.74, 6) is -0.201. The smallest absolute Gasteiger partial charge is 0.410 e. The first-order valence-corrected chi connectivity index (χ1v) is 11.3. The molecule has 11 nitrogen and oxygen atoms in total. The molecule has 2 aromatic rings. The van der Waals surface area contributed by atoms with Crippen LogP contribution in [-0.4, -0.2) is 76.5 Å². The number of carbonyl (C=O) groups is 3. The molecule has 2 aliphatic heterocycles. The summed E-state index contributed by atoms with van der Waals surface area (Å²) in [6.45, 7) is 6.94. The predicted molar refractivity (Wildman–Crippen MR) is 121 cm³/mol. The van der Waals surface area contributed by atoms with Crippen LogP contribution in [0.3, 0.4) is 0 Å². The molecule has 4 rings (SSSR count). The molecular weight excluding hydrogens is 444 g/mol. The quantitative estimate of drug-likeness (QED) is 0.651. The lowest BCUT2D eigenvalue weighted by Gasteiger charge is -2.34. The first kappa shape index (κ1) is 23.8. The number of amides is 3. The molecule has 2 saturated heterocycles. The molecule has 2 aliphatic rings. The molecule has 1 N–H and O–H groups in total. The van der Waals surface area contributed by atoms with Crippen molar-refractivity contribution in [3.05, 3.63) is 18.2 Å². The molecule has 0 saturated carbocycles. The van der Waals surface area contributed by atoms with E-state index in [0.29, 0.717) is 42.9 Å². The van der Waals surface area contributed by atoms with Crippen molar-refractivity contribution in [2.75, 3.05) is 26.3 Å². The number of aromatic nitrogens is 2. The van der Waals surface area contributed by atoms with Crippen LogP contribution in [0, 0.1) is 0 Å². The van der Waals surface area contributed by atoms with Gasteiger partial charge in [-0.15, -0.1) is 0 Å². The van der Waals surface area contributed by atoms with Crippen molar-refractivity contribution < 1.29 is 33.3 Å². The van der Waals surface area contributed by atoms with Crippen LogP contribution in [0.2, 0.25) is 0 Å². The van der Waals surface area contributed by atoms with Crippen LogP contribution in [0.1, 0.15) is 33.6 Å². The highest BCUT2D eigenvalue weighted by Gasteiger charge is 2.31. The van der Waals surface area contributed by atoms with Crippen molar-refractivity contribution in [1.29, 1.82) is 0 Å². The average molecular weight is 475 g/mol. The minimum atomic E-state index is -0.785. The molecule has 0 radical (unpaired) electrons. The van der Waals surface area contributed by atoms with Crippen LogP contribution >= 0.6 is 0 Å². The molecule has 184 valence electrons. The molecule has 1 aromatic heterocycles. The molecule has 0 spiro atoms. The number of hydrogen-bond acceptors (Lipinski definition) is 8. The van der Waals surface area contributed by atoms with E-state index in [1.807, 2.05) is 39.0 Å². The van der Waals surface area contributed by atoms with Crippen molar-refractivity contribution in [1.82, 2.24) is 19.8 Å². The zero-order valence-corrected chi connectivity index (χ0v) is 19.8. The molecule has 0 unspecified atom stereocenters. The van der Waals surface area contributed by atoms with E-state index in [2.05, 4.69) is 10.3 Å². The van der Waals surface area contributed by atoms with Gasteiger partial charge in [0.15, 0.2) is 6.10 Å². The van der Waals surface area contributed by atoms with Gasteiger partial charge in [0.25, 0.3) is 11.9 Å². The number of carbonyl (C=O) groups excluding carboxylic acids is 3. The Labute approximate surface area is 197 Å². The number of para-hydroxylation sites is 1. The number of fused-ring (bicyclic) bond motifs is 1. The molecular formula is C23H30N4O7. The van der Waals surface area contributed by atoms with Crippen LogP contribution in [0.25, 0.3) is 11.0 Å². The Balaban J connectivity index is 1.43. The zero-order chi connectivity index (χ0) is 24.5. The van der Waals surface area contributed by atoms with Gasteiger partial charge in [-0.05, 0) is 32.9 Å². The van der Waals surface area contributed by atoms with Gasteiger partial charge in [0.2, 0.25) is 5.91 Å². The first-order chi connectivity index (χ1) is 16.1. The second-order valence-corrected chi connectivity index (χ2v) is 9.37. The van der Waals surface area contributed by atoms with E-state index in [4.69, 9.17) is 18.9 Å². The van der Waals surface area contributed by atoms with E-state index in [0.717, 1.165) is 0 Å². The third-order valence-corrected chi connectivity index (χ3v) is 5.47. The second kappa shape index (κ2) is 9.49. The number of nitrogens with zero attached hydrogens (tertiary/aromatic N) is 3. The van der Waals surface area contributed by atoms with Crippen LogP contribution < -0.4 is 14.8 Å². The number of nitrogens with one attached hydrogen (secondary N) is 1. The Morgan fingerprint density at radius 1 is 1.29 bits per heavy atom. The number of rotatable bonds is 5. The van der Waals surface area contributed by atoms with E-state index in [1.165, 1.54) is 0 Å². The maximum absolute atomic E-state index is 12.4. The molecule has 2 atom stereocenters. The van der Waals surface area contributed by atoms with E-state index in [-0.39, 0.29) is 37.1 Å². The molecule has 11 heteroatoms. The van der Waals surface area contributed by atoms with Crippen molar-refractivity contribution in [3.8, 4) is 11.8 Å². The Kier molecular flexibility index (Phi) is 6.65. The monoisotopic (exact) mass is 474 g/mol. The molecule has 3 heterocycles. The Hall–Kier alpha value is -3.34. The Morgan fingerprint density at radius 2 is 2.09 bits per heavy atom. The maximum atomic E-state index is 12.4. The molecule has 0 bridgehead atoms. The number of aryl methyl sites for hydroxylation is 1. The topological polar surface area (TPSA) is 121 Å². The minimum Gasteiger partial charge on any atom is -0.489 e. The molecule has 0 aliphatic carbocycles. The van der Waals surface area contributed by atoms with Gasteiger partial charge in [0, 0.05) is 26.4 Å². The lowest BCUT2D eigenvalue weighted by Crippen LogP contribution is -2.49. The molecule has 2 fully saturated rings. The fourth-order valence-corrected chi connectivity index (χ4v) is 3.84. The summed E-state index contributed by atoms with van der Waals surface area (Å²) in [5, 5.41) is 2.28. The van der Waals surface area contributed by atoms with Crippen LogP contribution in [0.5, 0.6) is 11.8 Å². The van der Waals surface area contributed by atoms with Gasteiger partial charge < -0.3 is 23.8 Å². The normalized spacial score (nSPS) is 21.4. The van der Waals surface area contributed by atoms with Gasteiger partial charge in [-0.2, -0.15) is 4.98 Å². The van der Waals surface area contributed by atoms with Crippen molar-refractivity contribution in [3.63, 3.8) is 0 Å². The van der Waals surface area contributed by atoms with Crippen LogP contribution in [0.15, 0.2) is 18.2 Å². The fraction of sp³-hybridized carbons (Fsp3) is 0.565. The van der Waals surface area contributed by atoms with Crippen LogP contribution in [0.4, 0.5) is 4.79 Å². The summed E-state index contributed by atoms with van der Waals surface area (Å²) in [5.41, 5.74) is 0.774. The number of ether oxygens (including phenoxy) is 4. The highest BCUT2D eigenvalue weighted by Crippen LogP contribution is 2.30. The Bertz CT molecular complexity index is 1090. The van der Waals surface area contributed by atoms with Crippen molar-refractivity contribution in [2.45, 2.75) is 51.4 Å². The number of morpholine rings is 1. The van der Waals surface area contributed by atoms with Gasteiger partial charge in [-0.3, -0.25) is 19.5 Å². The van der Waals surface area contributed by atoms with Gasteiger partial charge in [-0.1, -0.05) is 6.07 Å². The van der Waals surface area contributed by atoms with E-state index in [1.54, 1.807) is 16.5 Å². The standard InChI is InChI=1S/C23H30N4O7/c1-23(2,3)34-22(30)27-10-11-31-14(12-27)13-32-16-7-5-6-15-19(16)26(4)21(24-15)33-17-8-9-18(28)25-20(17)29/h5-7,14,17H,8-13H2,1-4H3,(H,25,28,29)/t14-,17-/m1/s1. The Morgan fingerprint density at radius 3 is 2.82 bits per heavy atom. The van der Waals surface area contributed by atoms with E-state index in [9.17, 15) is 14.4 Å². The number of piperidine rings is 1. The zero-order valence-electron chi connectivity index (χ0n) is 19.8. The van der Waals surface area contributed by atoms with Crippen molar-refractivity contribution >= 4 is 28.9 Å². The molecule has 1 aromatic carbocycles. The summed E-state index contributed by atoms with van der Waals surface area (Å²) >= 11 is 0. The van der Waals surface area contributed by atoms with Gasteiger partial charge >= 0.3 is 6.09 Å². The summed E-state index contributed by atoms with van der Waals surface area (Å²) in [6.07, 6.45) is -0.957. The highest BCUT2D eigenvalue weighted by atomic mass is 16.6. The van der Waals surface area contributed by atoms with Gasteiger partial charge in [0.05, 0.1) is 18.7 Å². The lowest BCUT2D eigenvalue weighted by molar-refractivity contribution is -0.139. The third-order valence-electron chi connectivity index (χ3n) is 5.47. The summed E-state index contributed by atoms with van der Waals surface area (Å²) in [6, 6.07) is 5.70. The predicted octanol–water partition coefficient (Wildman–Crippen LogP) is 1.77. The summed E-state index contributed by atoms with van der Waals surface area (Å²) < 4.78 is 24.8. The number of imide groups is 1. The third kappa shape index (κ3) is 5.41. The summed E-state index contributed by atoms with van der Waals surface area (Å²) in [4.78, 5) is 41.9. The van der Waals surface area contributed by atoms with Crippen molar-refractivity contribution in [2.24, 2.45) is 7.05 Å². The van der Waals surface area contributed by atoms with E-state index < -0.39 is 17.6 Å². The number of hydrogen-bond donors (Lipinski definition) is 1. The van der Waals surface area contributed by atoms with Gasteiger partial charge in [-0.25, -0.2) is 4.79 Å². The van der Waals surface area contributed by atoms with Gasteiger partial charge in [0.1, 0.15) is 29.6 Å². The number of benzene rings is 1. The molecule has 3 amide bonds. The lowest BCUT2D eigenvalue weighted by atomic mass is 10.1. The van der Waals surface area contributed by atoms with E-state index >= 15 is 0 Å². The largest absolute Gasteiger partial charge is 0.489 e. The highest BCUT2D eigenvalue weighted by molar-refractivity contribution is 6.00. The first-order valence-electron chi connectivity index (χ1n) is 11.3. The maximum Gasteiger partial charge on any atom is 0.410 e.